The molecule has 0 aliphatic carbocycles. The number of rotatable bonds is 2. The summed E-state index contributed by atoms with van der Waals surface area (Å²) in [5, 5.41) is 7.36. The maximum absolute atomic E-state index is 3.88. The van der Waals surface area contributed by atoms with E-state index in [0.29, 0.717) is 0 Å². The van der Waals surface area contributed by atoms with E-state index in [0.717, 1.165) is 5.69 Å². The molecule has 110 valence electrons. The predicted octanol–water partition coefficient (Wildman–Crippen LogP) is 3.42. The van der Waals surface area contributed by atoms with Crippen LogP contribution in [0.25, 0.3) is 0 Å². The summed E-state index contributed by atoms with van der Waals surface area (Å²) >= 11 is 0. The van der Waals surface area contributed by atoms with Gasteiger partial charge in [0.25, 0.3) is 0 Å². The Labute approximate surface area is 126 Å². The third kappa shape index (κ3) is 13.5. The normalized spacial score (nSPS) is 9.48. The molecule has 0 unspecified atom stereocenters. The summed E-state index contributed by atoms with van der Waals surface area (Å²) in [5.41, 5.74) is 2.17. The first-order valence-corrected chi connectivity index (χ1v) is 6.40. The largest absolute Gasteiger partial charge is 0.264 e. The molecule has 2 rings (SSSR count). The number of aryl methyl sites for hydroxylation is 2. The molecule has 0 fully saturated rings. The van der Waals surface area contributed by atoms with E-state index in [9.17, 15) is 0 Å². The van der Waals surface area contributed by atoms with Crippen LogP contribution in [0.3, 0.4) is 0 Å². The molecule has 0 aliphatic heterocycles. The van der Waals surface area contributed by atoms with E-state index in [-0.39, 0.29) is 0 Å². The van der Waals surface area contributed by atoms with Gasteiger partial charge in [0.15, 0.2) is 0 Å². The molecule has 0 bridgehead atoms. The molecular formula is C16H21N5. The van der Waals surface area contributed by atoms with Gasteiger partial charge in [0.1, 0.15) is 6.34 Å². The summed E-state index contributed by atoms with van der Waals surface area (Å²) < 4.78 is 0. The second-order valence-electron chi connectivity index (χ2n) is 3.82. The van der Waals surface area contributed by atoms with Crippen LogP contribution in [0.1, 0.15) is 18.2 Å². The fourth-order valence-electron chi connectivity index (χ4n) is 0.998. The maximum Gasteiger partial charge on any atom is 0.114 e. The van der Waals surface area contributed by atoms with Crippen LogP contribution in [0.15, 0.2) is 65.1 Å². The molecule has 0 amide bonds. The molecule has 21 heavy (non-hydrogen) atoms. The van der Waals surface area contributed by atoms with Crippen LogP contribution >= 0.6 is 0 Å². The van der Waals surface area contributed by atoms with Crippen LogP contribution in [0.4, 0.5) is 0 Å². The van der Waals surface area contributed by atoms with Crippen LogP contribution in [0, 0.1) is 13.8 Å². The number of pyridine rings is 1. The Hall–Kier alpha value is -2.69. The van der Waals surface area contributed by atoms with Crippen molar-refractivity contribution in [1.82, 2.24) is 15.2 Å². The van der Waals surface area contributed by atoms with Crippen LogP contribution < -0.4 is 0 Å². The summed E-state index contributed by atoms with van der Waals surface area (Å²) in [6.45, 7) is 9.02. The molecule has 0 saturated carbocycles. The lowest BCUT2D eigenvalue weighted by molar-refractivity contribution is 0.980. The minimum Gasteiger partial charge on any atom is -0.264 e. The number of hydrogen-bond acceptors (Lipinski definition) is 4. The lowest BCUT2D eigenvalue weighted by Gasteiger charge is -1.82. The highest BCUT2D eigenvalue weighted by molar-refractivity contribution is 5.62. The standard InChI is InChI=1S/C6H7N.C5H6N2.C5H8N2/c1-6-3-2-4-7-5-6;1-5-3-2-4-6-7-5;1-3-4-7-5-6-2/h2-5H,1H3;2-4H,1H3;3-5H,2H2,1H3/b;;4-3+,7-5?. The summed E-state index contributed by atoms with van der Waals surface area (Å²) in [4.78, 5) is 10.9. The topological polar surface area (TPSA) is 63.4 Å². The minimum absolute atomic E-state index is 0.961. The highest BCUT2D eigenvalue weighted by Gasteiger charge is 1.75. The van der Waals surface area contributed by atoms with E-state index in [1.807, 2.05) is 57.3 Å². The van der Waals surface area contributed by atoms with Gasteiger partial charge in [-0.3, -0.25) is 9.98 Å². The maximum atomic E-state index is 3.88. The number of hydrogen-bond donors (Lipinski definition) is 0. The number of aromatic nitrogens is 3. The quantitative estimate of drug-likeness (QED) is 0.626. The molecule has 5 nitrogen and oxygen atoms in total. The Balaban J connectivity index is 0.000000286. The van der Waals surface area contributed by atoms with Gasteiger partial charge in [-0.25, -0.2) is 4.99 Å². The van der Waals surface area contributed by atoms with E-state index in [1.165, 1.54) is 11.9 Å². The van der Waals surface area contributed by atoms with E-state index in [4.69, 9.17) is 0 Å². The second-order valence-corrected chi connectivity index (χ2v) is 3.82. The van der Waals surface area contributed by atoms with Crippen LogP contribution in [-0.4, -0.2) is 28.2 Å². The van der Waals surface area contributed by atoms with Crippen molar-refractivity contribution in [2.75, 3.05) is 0 Å². The Morgan fingerprint density at radius 2 is 1.90 bits per heavy atom. The van der Waals surface area contributed by atoms with Crippen molar-refractivity contribution in [2.24, 2.45) is 9.98 Å². The molecule has 0 radical (unpaired) electrons. The zero-order valence-corrected chi connectivity index (χ0v) is 12.7. The van der Waals surface area contributed by atoms with Crippen molar-refractivity contribution in [3.8, 4) is 0 Å². The Bertz CT molecular complexity index is 483. The Kier molecular flexibility index (Phi) is 12.0. The first kappa shape index (κ1) is 18.3. The second kappa shape index (κ2) is 13.7. The van der Waals surface area contributed by atoms with Crippen molar-refractivity contribution < 1.29 is 0 Å². The first-order chi connectivity index (χ1) is 10.2. The van der Waals surface area contributed by atoms with Crippen molar-refractivity contribution >= 4 is 13.1 Å². The summed E-state index contributed by atoms with van der Waals surface area (Å²) in [6.07, 6.45) is 10.1. The number of allylic oxidation sites excluding steroid dienone is 1. The van der Waals surface area contributed by atoms with E-state index >= 15 is 0 Å². The predicted molar refractivity (Wildman–Crippen MR) is 88.6 cm³/mol. The molecule has 2 heterocycles. The van der Waals surface area contributed by atoms with E-state index in [1.54, 1.807) is 18.6 Å². The lowest BCUT2D eigenvalue weighted by atomic mass is 10.3. The van der Waals surface area contributed by atoms with Gasteiger partial charge >= 0.3 is 0 Å². The molecule has 0 aliphatic rings. The zero-order chi connectivity index (χ0) is 15.8. The Morgan fingerprint density at radius 1 is 1.14 bits per heavy atom. The fourth-order valence-corrected chi connectivity index (χ4v) is 0.998. The van der Waals surface area contributed by atoms with Crippen molar-refractivity contribution in [2.45, 2.75) is 20.8 Å². The summed E-state index contributed by atoms with van der Waals surface area (Å²) in [5.74, 6) is 0. The molecule has 2 aromatic heterocycles. The third-order valence-electron chi connectivity index (χ3n) is 1.90. The molecule has 0 atom stereocenters. The monoisotopic (exact) mass is 283 g/mol. The van der Waals surface area contributed by atoms with E-state index in [2.05, 4.69) is 31.9 Å². The molecule has 2 aromatic rings. The minimum atomic E-state index is 0.961. The van der Waals surface area contributed by atoms with Crippen molar-refractivity contribution in [1.29, 1.82) is 0 Å². The van der Waals surface area contributed by atoms with Gasteiger partial charge in [-0.15, -0.1) is 0 Å². The van der Waals surface area contributed by atoms with Gasteiger partial charge in [-0.2, -0.15) is 10.2 Å². The number of nitrogens with zero attached hydrogens (tertiary/aromatic N) is 5. The highest BCUT2D eigenvalue weighted by atomic mass is 15.1. The van der Waals surface area contributed by atoms with Crippen LogP contribution in [0.5, 0.6) is 0 Å². The third-order valence-corrected chi connectivity index (χ3v) is 1.90. The highest BCUT2D eigenvalue weighted by Crippen LogP contribution is 1.88. The van der Waals surface area contributed by atoms with Gasteiger partial charge in [-0.1, -0.05) is 12.1 Å². The van der Waals surface area contributed by atoms with Crippen molar-refractivity contribution in [3.05, 3.63) is 66.4 Å². The SMILES string of the molecule is C=NC=N/C=C/C.Cc1cccnc1.Cc1cccnn1. The van der Waals surface area contributed by atoms with Gasteiger partial charge in [-0.05, 0) is 51.3 Å². The smallest absolute Gasteiger partial charge is 0.114 e. The summed E-state index contributed by atoms with van der Waals surface area (Å²) in [6, 6.07) is 7.72. The fraction of sp³-hybridized carbons (Fsp3) is 0.188. The van der Waals surface area contributed by atoms with Crippen molar-refractivity contribution in [3.63, 3.8) is 0 Å². The number of aliphatic imine (C=N–C) groups is 2. The first-order valence-electron chi connectivity index (χ1n) is 6.40. The van der Waals surface area contributed by atoms with Gasteiger partial charge in [0.05, 0.1) is 5.69 Å². The molecule has 0 aromatic carbocycles. The van der Waals surface area contributed by atoms with Gasteiger partial charge < -0.3 is 0 Å². The lowest BCUT2D eigenvalue weighted by Crippen LogP contribution is -1.79. The van der Waals surface area contributed by atoms with Crippen LogP contribution in [0.2, 0.25) is 0 Å². The van der Waals surface area contributed by atoms with E-state index < -0.39 is 0 Å². The van der Waals surface area contributed by atoms with Crippen LogP contribution in [-0.2, 0) is 0 Å². The molecule has 0 spiro atoms. The average molecular weight is 283 g/mol. The van der Waals surface area contributed by atoms with Gasteiger partial charge in [0, 0.05) is 24.8 Å². The summed E-state index contributed by atoms with van der Waals surface area (Å²) in [7, 11) is 0. The molecule has 0 N–H and O–H groups in total. The van der Waals surface area contributed by atoms with Gasteiger partial charge in [0.2, 0.25) is 0 Å². The molecular weight excluding hydrogens is 262 g/mol. The average Bonchev–Trinajstić information content (AvgIpc) is 2.51. The Morgan fingerprint density at radius 3 is 2.24 bits per heavy atom. The molecule has 0 saturated heterocycles. The molecule has 5 heteroatoms. The zero-order valence-electron chi connectivity index (χ0n) is 12.7.